The molecule has 2 N–H and O–H groups in total. The Morgan fingerprint density at radius 3 is 2.63 bits per heavy atom. The van der Waals surface area contributed by atoms with Gasteiger partial charge < -0.3 is 10.6 Å². The van der Waals surface area contributed by atoms with Gasteiger partial charge >= 0.3 is 0 Å². The summed E-state index contributed by atoms with van der Waals surface area (Å²) in [5.41, 5.74) is 6.74. The summed E-state index contributed by atoms with van der Waals surface area (Å²) in [6, 6.07) is 7.57. The summed E-state index contributed by atoms with van der Waals surface area (Å²) in [5, 5.41) is 0.691. The summed E-state index contributed by atoms with van der Waals surface area (Å²) >= 11 is 5.94. The van der Waals surface area contributed by atoms with Crippen LogP contribution < -0.4 is 5.73 Å². The smallest absolute Gasteiger partial charge is 0.227 e. The van der Waals surface area contributed by atoms with Gasteiger partial charge in [0.1, 0.15) is 0 Å². The molecule has 1 aromatic rings. The Labute approximate surface area is 120 Å². The van der Waals surface area contributed by atoms with Crippen molar-refractivity contribution in [3.05, 3.63) is 34.9 Å². The molecule has 3 nitrogen and oxygen atoms in total. The zero-order valence-corrected chi connectivity index (χ0v) is 12.7. The SMILES string of the molecule is CC(C)CC(CN)C(=O)N(C)Cc1cccc(Cl)c1. The van der Waals surface area contributed by atoms with E-state index in [0.29, 0.717) is 24.0 Å². The molecule has 0 aliphatic heterocycles. The zero-order valence-electron chi connectivity index (χ0n) is 11.9. The Balaban J connectivity index is 2.65. The minimum Gasteiger partial charge on any atom is -0.341 e. The molecule has 1 amide bonds. The van der Waals surface area contributed by atoms with Crippen molar-refractivity contribution in [2.75, 3.05) is 13.6 Å². The number of hydrogen-bond donors (Lipinski definition) is 1. The van der Waals surface area contributed by atoms with Crippen LogP contribution in [0.15, 0.2) is 24.3 Å². The molecule has 1 aromatic carbocycles. The topological polar surface area (TPSA) is 46.3 Å². The third-order valence-electron chi connectivity index (χ3n) is 3.07. The Morgan fingerprint density at radius 2 is 2.11 bits per heavy atom. The van der Waals surface area contributed by atoms with Crippen molar-refractivity contribution in [1.82, 2.24) is 4.90 Å². The maximum Gasteiger partial charge on any atom is 0.227 e. The van der Waals surface area contributed by atoms with Crippen molar-refractivity contribution in [2.24, 2.45) is 17.6 Å². The van der Waals surface area contributed by atoms with E-state index in [1.165, 1.54) is 0 Å². The Hall–Kier alpha value is -1.06. The number of benzene rings is 1. The van der Waals surface area contributed by atoms with Crippen LogP contribution in [0.1, 0.15) is 25.8 Å². The number of nitrogens with two attached hydrogens (primary N) is 1. The van der Waals surface area contributed by atoms with Gasteiger partial charge in [0.15, 0.2) is 0 Å². The molecule has 0 bridgehead atoms. The molecular formula is C15H23ClN2O. The lowest BCUT2D eigenvalue weighted by Gasteiger charge is -2.24. The first kappa shape index (κ1) is 16.0. The molecule has 1 unspecified atom stereocenters. The third-order valence-corrected chi connectivity index (χ3v) is 3.31. The van der Waals surface area contributed by atoms with Crippen LogP contribution in [0.25, 0.3) is 0 Å². The van der Waals surface area contributed by atoms with E-state index in [9.17, 15) is 4.79 Å². The van der Waals surface area contributed by atoms with E-state index in [2.05, 4.69) is 13.8 Å². The van der Waals surface area contributed by atoms with Crippen LogP contribution in [0.4, 0.5) is 0 Å². The molecule has 0 heterocycles. The molecule has 4 heteroatoms. The average molecular weight is 283 g/mol. The van der Waals surface area contributed by atoms with E-state index in [-0.39, 0.29) is 11.8 Å². The van der Waals surface area contributed by atoms with Gasteiger partial charge in [-0.25, -0.2) is 0 Å². The van der Waals surface area contributed by atoms with E-state index in [0.717, 1.165) is 12.0 Å². The van der Waals surface area contributed by atoms with Gasteiger partial charge in [-0.05, 0) is 30.0 Å². The number of rotatable bonds is 6. The first-order valence-electron chi connectivity index (χ1n) is 6.63. The van der Waals surface area contributed by atoms with Crippen molar-refractivity contribution < 1.29 is 4.79 Å². The molecule has 0 saturated heterocycles. The predicted octanol–water partition coefficient (Wildman–Crippen LogP) is 2.92. The highest BCUT2D eigenvalue weighted by Gasteiger charge is 2.21. The highest BCUT2D eigenvalue weighted by molar-refractivity contribution is 6.30. The molecule has 0 aliphatic rings. The van der Waals surface area contributed by atoms with Crippen molar-refractivity contribution >= 4 is 17.5 Å². The average Bonchev–Trinajstić information content (AvgIpc) is 2.34. The largest absolute Gasteiger partial charge is 0.341 e. The second-order valence-corrected chi connectivity index (χ2v) is 5.82. The molecule has 19 heavy (non-hydrogen) atoms. The maximum atomic E-state index is 12.3. The Bertz CT molecular complexity index is 420. The number of halogens is 1. The fraction of sp³-hybridized carbons (Fsp3) is 0.533. The van der Waals surface area contributed by atoms with Crippen molar-refractivity contribution in [3.63, 3.8) is 0 Å². The van der Waals surface area contributed by atoms with Gasteiger partial charge in [0, 0.05) is 25.2 Å². The molecule has 0 fully saturated rings. The fourth-order valence-corrected chi connectivity index (χ4v) is 2.38. The summed E-state index contributed by atoms with van der Waals surface area (Å²) < 4.78 is 0. The number of carbonyl (C=O) groups excluding carboxylic acids is 1. The maximum absolute atomic E-state index is 12.3. The van der Waals surface area contributed by atoms with Crippen LogP contribution in [0.3, 0.4) is 0 Å². The number of hydrogen-bond acceptors (Lipinski definition) is 2. The number of amides is 1. The minimum absolute atomic E-state index is 0.0933. The van der Waals surface area contributed by atoms with Gasteiger partial charge in [-0.3, -0.25) is 4.79 Å². The molecule has 1 atom stereocenters. The predicted molar refractivity (Wildman–Crippen MR) is 79.9 cm³/mol. The fourth-order valence-electron chi connectivity index (χ4n) is 2.17. The number of carbonyl (C=O) groups is 1. The number of nitrogens with zero attached hydrogens (tertiary/aromatic N) is 1. The summed E-state index contributed by atoms with van der Waals surface area (Å²) in [7, 11) is 1.81. The van der Waals surface area contributed by atoms with Crippen molar-refractivity contribution in [1.29, 1.82) is 0 Å². The molecule has 0 radical (unpaired) electrons. The van der Waals surface area contributed by atoms with Gasteiger partial charge in [0.05, 0.1) is 5.92 Å². The lowest BCUT2D eigenvalue weighted by Crippen LogP contribution is -2.36. The standard InChI is InChI=1S/C15H23ClN2O/c1-11(2)7-13(9-17)15(19)18(3)10-12-5-4-6-14(16)8-12/h4-6,8,11,13H,7,9-10,17H2,1-3H3. The second kappa shape index (κ2) is 7.51. The van der Waals surface area contributed by atoms with Crippen LogP contribution in [0.2, 0.25) is 5.02 Å². The highest BCUT2D eigenvalue weighted by atomic mass is 35.5. The summed E-state index contributed by atoms with van der Waals surface area (Å²) in [6.45, 7) is 5.17. The van der Waals surface area contributed by atoms with Crippen molar-refractivity contribution in [3.8, 4) is 0 Å². The summed E-state index contributed by atoms with van der Waals surface area (Å²) in [5.74, 6) is 0.484. The molecule has 1 rings (SSSR count). The van der Waals surface area contributed by atoms with Crippen LogP contribution in [-0.4, -0.2) is 24.4 Å². The van der Waals surface area contributed by atoms with Gasteiger partial charge in [-0.15, -0.1) is 0 Å². The minimum atomic E-state index is -0.0933. The van der Waals surface area contributed by atoms with Crippen LogP contribution in [0, 0.1) is 11.8 Å². The normalized spacial score (nSPS) is 12.5. The van der Waals surface area contributed by atoms with Gasteiger partial charge in [0.2, 0.25) is 5.91 Å². The van der Waals surface area contributed by atoms with Crippen LogP contribution in [-0.2, 0) is 11.3 Å². The Kier molecular flexibility index (Phi) is 6.32. The van der Waals surface area contributed by atoms with Crippen LogP contribution >= 0.6 is 11.6 Å². The molecule has 0 spiro atoms. The second-order valence-electron chi connectivity index (χ2n) is 5.39. The molecule has 0 saturated carbocycles. The highest BCUT2D eigenvalue weighted by Crippen LogP contribution is 2.16. The summed E-state index contributed by atoms with van der Waals surface area (Å²) in [4.78, 5) is 14.0. The van der Waals surface area contributed by atoms with Gasteiger partial charge in [0.25, 0.3) is 0 Å². The first-order chi connectivity index (χ1) is 8.93. The third kappa shape index (κ3) is 5.21. The molecular weight excluding hydrogens is 260 g/mol. The van der Waals surface area contributed by atoms with E-state index in [4.69, 9.17) is 17.3 Å². The van der Waals surface area contributed by atoms with Gasteiger partial charge in [-0.2, -0.15) is 0 Å². The molecule has 0 aromatic heterocycles. The first-order valence-corrected chi connectivity index (χ1v) is 7.01. The van der Waals surface area contributed by atoms with Crippen LogP contribution in [0.5, 0.6) is 0 Å². The summed E-state index contributed by atoms with van der Waals surface area (Å²) in [6.07, 6.45) is 0.829. The molecule has 106 valence electrons. The van der Waals surface area contributed by atoms with E-state index < -0.39 is 0 Å². The van der Waals surface area contributed by atoms with E-state index in [1.807, 2.05) is 31.3 Å². The quantitative estimate of drug-likeness (QED) is 0.872. The zero-order chi connectivity index (χ0) is 14.4. The van der Waals surface area contributed by atoms with E-state index >= 15 is 0 Å². The Morgan fingerprint density at radius 1 is 1.42 bits per heavy atom. The lowest BCUT2D eigenvalue weighted by atomic mass is 9.96. The van der Waals surface area contributed by atoms with Gasteiger partial charge in [-0.1, -0.05) is 37.6 Å². The lowest BCUT2D eigenvalue weighted by molar-refractivity contribution is -0.134. The molecule has 0 aliphatic carbocycles. The van der Waals surface area contributed by atoms with E-state index in [1.54, 1.807) is 4.90 Å². The van der Waals surface area contributed by atoms with Crippen molar-refractivity contribution in [2.45, 2.75) is 26.8 Å². The monoisotopic (exact) mass is 282 g/mol.